The molecule has 18 heavy (non-hydrogen) atoms. The summed E-state index contributed by atoms with van der Waals surface area (Å²) in [6.45, 7) is 1.75. The first-order valence-corrected chi connectivity index (χ1v) is 7.16. The molecule has 2 rings (SSSR count). The Morgan fingerprint density at radius 2 is 1.83 bits per heavy atom. The van der Waals surface area contributed by atoms with E-state index in [0.29, 0.717) is 6.04 Å². The van der Waals surface area contributed by atoms with Gasteiger partial charge in [0.25, 0.3) is 0 Å². The molecule has 1 atom stereocenters. The minimum absolute atomic E-state index is 0.0229. The van der Waals surface area contributed by atoms with E-state index in [9.17, 15) is 4.79 Å². The van der Waals surface area contributed by atoms with Crippen LogP contribution in [-0.4, -0.2) is 17.3 Å². The third-order valence-corrected chi connectivity index (χ3v) is 3.74. The van der Waals surface area contributed by atoms with Crippen molar-refractivity contribution in [2.75, 3.05) is 4.90 Å². The second kappa shape index (κ2) is 6.24. The topological polar surface area (TPSA) is 20.3 Å². The average molecular weight is 266 g/mol. The zero-order valence-electron chi connectivity index (χ0n) is 10.8. The van der Waals surface area contributed by atoms with Crippen LogP contribution in [0.15, 0.2) is 30.3 Å². The van der Waals surface area contributed by atoms with Crippen LogP contribution in [0.4, 0.5) is 5.69 Å². The molecule has 3 heteroatoms. The van der Waals surface area contributed by atoms with E-state index in [1.807, 2.05) is 35.2 Å². The number of rotatable bonds is 3. The summed E-state index contributed by atoms with van der Waals surface area (Å²) in [4.78, 5) is 14.3. The van der Waals surface area contributed by atoms with E-state index in [-0.39, 0.29) is 5.91 Å². The van der Waals surface area contributed by atoms with Crippen molar-refractivity contribution in [1.82, 2.24) is 0 Å². The highest BCUT2D eigenvalue weighted by Crippen LogP contribution is 2.28. The molecule has 0 radical (unpaired) electrons. The third-order valence-electron chi connectivity index (χ3n) is 3.55. The first kappa shape index (κ1) is 13.4. The quantitative estimate of drug-likeness (QED) is 0.757. The van der Waals surface area contributed by atoms with Gasteiger partial charge >= 0.3 is 0 Å². The smallest absolute Gasteiger partial charge is 0.245 e. The lowest BCUT2D eigenvalue weighted by molar-refractivity contribution is -0.118. The number of carbonyl (C=O) groups is 1. The Hall–Kier alpha value is -1.02. The van der Waals surface area contributed by atoms with Gasteiger partial charge in [-0.25, -0.2) is 0 Å². The molecular weight excluding hydrogens is 246 g/mol. The van der Waals surface area contributed by atoms with Crippen molar-refractivity contribution < 1.29 is 4.79 Å². The molecule has 0 heterocycles. The fourth-order valence-electron chi connectivity index (χ4n) is 2.64. The van der Waals surface area contributed by atoms with Crippen molar-refractivity contribution in [2.24, 2.45) is 0 Å². The number of benzene rings is 1. The highest BCUT2D eigenvalue weighted by atomic mass is 35.5. The minimum atomic E-state index is -0.466. The summed E-state index contributed by atoms with van der Waals surface area (Å²) in [5, 5.41) is -0.466. The Morgan fingerprint density at radius 1 is 1.22 bits per heavy atom. The van der Waals surface area contributed by atoms with Gasteiger partial charge in [0.1, 0.15) is 5.38 Å². The number of anilines is 1. The third kappa shape index (κ3) is 3.05. The maximum atomic E-state index is 12.3. The number of nitrogens with zero attached hydrogens (tertiary/aromatic N) is 1. The lowest BCUT2D eigenvalue weighted by Gasteiger charge is -2.35. The van der Waals surface area contributed by atoms with Crippen LogP contribution >= 0.6 is 11.6 Å². The molecule has 1 saturated carbocycles. The van der Waals surface area contributed by atoms with Crippen LogP contribution in [0.5, 0.6) is 0 Å². The standard InChI is InChI=1S/C15H20ClNO/c1-12(16)15(18)17(13-8-4-2-5-9-13)14-10-6-3-7-11-14/h2,4-5,8-9,12,14H,3,6-7,10-11H2,1H3/t12-/m1/s1. The van der Waals surface area contributed by atoms with E-state index in [1.54, 1.807) is 6.92 Å². The number of para-hydroxylation sites is 1. The fourth-order valence-corrected chi connectivity index (χ4v) is 2.74. The molecular formula is C15H20ClNO. The van der Waals surface area contributed by atoms with Gasteiger partial charge in [-0.1, -0.05) is 37.5 Å². The molecule has 1 aliphatic rings. The van der Waals surface area contributed by atoms with E-state index in [1.165, 1.54) is 19.3 Å². The number of hydrogen-bond acceptors (Lipinski definition) is 1. The monoisotopic (exact) mass is 265 g/mol. The lowest BCUT2D eigenvalue weighted by Crippen LogP contribution is -2.44. The summed E-state index contributed by atoms with van der Waals surface area (Å²) in [5.41, 5.74) is 0.974. The molecule has 1 aliphatic carbocycles. The normalized spacial score (nSPS) is 18.3. The molecule has 1 aromatic carbocycles. The first-order chi connectivity index (χ1) is 8.70. The molecule has 0 unspecified atom stereocenters. The Balaban J connectivity index is 2.25. The van der Waals surface area contributed by atoms with Crippen LogP contribution in [0.25, 0.3) is 0 Å². The number of halogens is 1. The van der Waals surface area contributed by atoms with Crippen LogP contribution in [-0.2, 0) is 4.79 Å². The zero-order chi connectivity index (χ0) is 13.0. The second-order valence-electron chi connectivity index (χ2n) is 4.95. The van der Waals surface area contributed by atoms with Gasteiger partial charge in [0.2, 0.25) is 5.91 Å². The van der Waals surface area contributed by atoms with E-state index >= 15 is 0 Å². The van der Waals surface area contributed by atoms with Gasteiger partial charge in [-0.3, -0.25) is 4.79 Å². The van der Waals surface area contributed by atoms with E-state index in [2.05, 4.69) is 0 Å². The number of carbonyl (C=O) groups excluding carboxylic acids is 1. The van der Waals surface area contributed by atoms with Gasteiger partial charge in [-0.05, 0) is 31.9 Å². The molecule has 0 spiro atoms. The molecule has 0 aliphatic heterocycles. The number of amides is 1. The van der Waals surface area contributed by atoms with Crippen LogP contribution < -0.4 is 4.90 Å². The average Bonchev–Trinajstić information content (AvgIpc) is 2.41. The van der Waals surface area contributed by atoms with Crippen LogP contribution in [0.1, 0.15) is 39.0 Å². The minimum Gasteiger partial charge on any atom is -0.308 e. The highest BCUT2D eigenvalue weighted by molar-refractivity contribution is 6.32. The maximum Gasteiger partial charge on any atom is 0.245 e. The summed E-state index contributed by atoms with van der Waals surface area (Å²) in [7, 11) is 0. The van der Waals surface area contributed by atoms with Crippen LogP contribution in [0, 0.1) is 0 Å². The summed E-state index contributed by atoms with van der Waals surface area (Å²) in [6.07, 6.45) is 5.87. The summed E-state index contributed by atoms with van der Waals surface area (Å²) in [6, 6.07) is 10.2. The first-order valence-electron chi connectivity index (χ1n) is 6.72. The Kier molecular flexibility index (Phi) is 4.65. The lowest BCUT2D eigenvalue weighted by atomic mass is 9.93. The van der Waals surface area contributed by atoms with E-state index < -0.39 is 5.38 Å². The van der Waals surface area contributed by atoms with Crippen molar-refractivity contribution in [1.29, 1.82) is 0 Å². The predicted molar refractivity (Wildman–Crippen MR) is 76.1 cm³/mol. The molecule has 98 valence electrons. The van der Waals surface area contributed by atoms with Crippen molar-refractivity contribution in [3.63, 3.8) is 0 Å². The van der Waals surface area contributed by atoms with Gasteiger partial charge in [0, 0.05) is 11.7 Å². The van der Waals surface area contributed by atoms with Crippen molar-refractivity contribution in [2.45, 2.75) is 50.4 Å². The Morgan fingerprint density at radius 3 is 2.39 bits per heavy atom. The van der Waals surface area contributed by atoms with Gasteiger partial charge in [0.05, 0.1) is 0 Å². The Labute approximate surface area is 114 Å². The molecule has 2 nitrogen and oxygen atoms in total. The molecule has 0 saturated heterocycles. The van der Waals surface area contributed by atoms with Gasteiger partial charge in [0.15, 0.2) is 0 Å². The number of hydrogen-bond donors (Lipinski definition) is 0. The van der Waals surface area contributed by atoms with Crippen molar-refractivity contribution in [3.8, 4) is 0 Å². The summed E-state index contributed by atoms with van der Waals surface area (Å²) >= 11 is 6.00. The van der Waals surface area contributed by atoms with Crippen molar-refractivity contribution in [3.05, 3.63) is 30.3 Å². The Bertz CT molecular complexity index is 385. The molecule has 1 fully saturated rings. The summed E-state index contributed by atoms with van der Waals surface area (Å²) < 4.78 is 0. The van der Waals surface area contributed by atoms with Gasteiger partial charge in [-0.2, -0.15) is 0 Å². The fraction of sp³-hybridized carbons (Fsp3) is 0.533. The van der Waals surface area contributed by atoms with Crippen LogP contribution in [0.3, 0.4) is 0 Å². The molecule has 1 aromatic rings. The van der Waals surface area contributed by atoms with Crippen LogP contribution in [0.2, 0.25) is 0 Å². The maximum absolute atomic E-state index is 12.3. The highest BCUT2D eigenvalue weighted by Gasteiger charge is 2.28. The molecule has 0 N–H and O–H groups in total. The molecule has 1 amide bonds. The number of alkyl halides is 1. The zero-order valence-corrected chi connectivity index (χ0v) is 11.6. The van der Waals surface area contributed by atoms with Gasteiger partial charge in [-0.15, -0.1) is 11.6 Å². The largest absolute Gasteiger partial charge is 0.308 e. The van der Waals surface area contributed by atoms with E-state index in [4.69, 9.17) is 11.6 Å². The van der Waals surface area contributed by atoms with E-state index in [0.717, 1.165) is 18.5 Å². The SMILES string of the molecule is C[C@@H](Cl)C(=O)N(c1ccccc1)C1CCCCC1. The van der Waals surface area contributed by atoms with Gasteiger partial charge < -0.3 is 4.90 Å². The molecule has 0 bridgehead atoms. The summed E-state index contributed by atoms with van der Waals surface area (Å²) in [5.74, 6) is 0.0229. The molecule has 0 aromatic heterocycles. The predicted octanol–water partition coefficient (Wildman–Crippen LogP) is 3.98. The second-order valence-corrected chi connectivity index (χ2v) is 5.61. The van der Waals surface area contributed by atoms with Crippen molar-refractivity contribution >= 4 is 23.2 Å².